The number of rotatable bonds is 3. The Morgan fingerprint density at radius 2 is 2.22 bits per heavy atom. The third kappa shape index (κ3) is 2.64. The average molecular weight is 255 g/mol. The van der Waals surface area contributed by atoms with Crippen molar-refractivity contribution in [2.24, 2.45) is 5.92 Å². The minimum absolute atomic E-state index is 0.00789. The van der Waals surface area contributed by atoms with Gasteiger partial charge in [-0.1, -0.05) is 6.92 Å². The molecule has 0 aliphatic carbocycles. The van der Waals surface area contributed by atoms with Crippen molar-refractivity contribution >= 4 is 11.8 Å². The van der Waals surface area contributed by atoms with Gasteiger partial charge in [0, 0.05) is 26.2 Å². The van der Waals surface area contributed by atoms with E-state index >= 15 is 0 Å². The van der Waals surface area contributed by atoms with E-state index in [0.29, 0.717) is 26.3 Å². The molecular formula is C12H21N3O3. The Kier molecular flexibility index (Phi) is 4.19. The van der Waals surface area contributed by atoms with Crippen molar-refractivity contribution < 1.29 is 14.3 Å². The van der Waals surface area contributed by atoms with Crippen molar-refractivity contribution in [2.45, 2.75) is 13.0 Å². The number of piperazine rings is 1. The molecule has 2 aliphatic heterocycles. The van der Waals surface area contributed by atoms with E-state index in [1.54, 1.807) is 16.8 Å². The molecule has 0 aromatic carbocycles. The summed E-state index contributed by atoms with van der Waals surface area (Å²) in [5.41, 5.74) is 0. The highest BCUT2D eigenvalue weighted by molar-refractivity contribution is 5.87. The molecule has 2 amide bonds. The quantitative estimate of drug-likeness (QED) is 0.696. The first-order valence-electron chi connectivity index (χ1n) is 6.47. The highest BCUT2D eigenvalue weighted by Crippen LogP contribution is 2.18. The summed E-state index contributed by atoms with van der Waals surface area (Å²) in [7, 11) is 1.77. The summed E-state index contributed by atoms with van der Waals surface area (Å²) in [6.07, 6.45) is 0. The van der Waals surface area contributed by atoms with Gasteiger partial charge in [-0.15, -0.1) is 0 Å². The van der Waals surface area contributed by atoms with Crippen LogP contribution in [0, 0.1) is 5.92 Å². The van der Waals surface area contributed by atoms with E-state index < -0.39 is 0 Å². The van der Waals surface area contributed by atoms with Crippen LogP contribution in [0.4, 0.5) is 0 Å². The van der Waals surface area contributed by atoms with Gasteiger partial charge in [-0.2, -0.15) is 0 Å². The highest BCUT2D eigenvalue weighted by atomic mass is 16.5. The number of hydrogen-bond acceptors (Lipinski definition) is 4. The maximum Gasteiger partial charge on any atom is 0.241 e. The number of nitrogens with one attached hydrogen (secondary N) is 1. The Bertz CT molecular complexity index is 335. The zero-order chi connectivity index (χ0) is 13.1. The molecule has 0 radical (unpaired) electrons. The molecule has 6 heteroatoms. The first kappa shape index (κ1) is 13.3. The van der Waals surface area contributed by atoms with Gasteiger partial charge in [-0.05, 0) is 6.54 Å². The molecule has 0 aromatic heterocycles. The Labute approximate surface area is 107 Å². The monoisotopic (exact) mass is 255 g/mol. The van der Waals surface area contributed by atoms with Crippen LogP contribution in [0.3, 0.4) is 0 Å². The third-order valence-electron chi connectivity index (χ3n) is 3.63. The fourth-order valence-electron chi connectivity index (χ4n) is 2.44. The number of carbonyl (C=O) groups excluding carboxylic acids is 2. The number of likely N-dealkylation sites (N-methyl/N-ethyl adjacent to an activating group) is 2. The van der Waals surface area contributed by atoms with Crippen molar-refractivity contribution in [2.75, 3.05) is 46.4 Å². The second-order valence-electron chi connectivity index (χ2n) is 4.88. The van der Waals surface area contributed by atoms with Crippen LogP contribution in [0.5, 0.6) is 0 Å². The summed E-state index contributed by atoms with van der Waals surface area (Å²) in [4.78, 5) is 27.3. The maximum absolute atomic E-state index is 12.4. The lowest BCUT2D eigenvalue weighted by Crippen LogP contribution is -2.54. The van der Waals surface area contributed by atoms with Crippen LogP contribution in [0.15, 0.2) is 0 Å². The van der Waals surface area contributed by atoms with E-state index in [9.17, 15) is 9.59 Å². The minimum atomic E-state index is -0.152. The molecular weight excluding hydrogens is 234 g/mol. The standard InChI is InChI=1S/C12H21N3O3/c1-3-13-10-8-18-7-9(10)12(17)15-5-4-14(2)11(16)6-15/h9-10,13H,3-8H2,1-2H3. The molecule has 0 aromatic rings. The van der Waals surface area contributed by atoms with Crippen LogP contribution in [-0.2, 0) is 14.3 Å². The fourth-order valence-corrected chi connectivity index (χ4v) is 2.44. The molecule has 2 saturated heterocycles. The number of carbonyl (C=O) groups is 2. The SMILES string of the molecule is CCNC1COCC1C(=O)N1CCN(C)C(=O)C1. The summed E-state index contributed by atoms with van der Waals surface area (Å²) >= 11 is 0. The molecule has 2 unspecified atom stereocenters. The Balaban J connectivity index is 1.96. The van der Waals surface area contributed by atoms with E-state index in [2.05, 4.69) is 5.32 Å². The third-order valence-corrected chi connectivity index (χ3v) is 3.63. The molecule has 102 valence electrons. The van der Waals surface area contributed by atoms with Crippen LogP contribution in [0.25, 0.3) is 0 Å². The summed E-state index contributed by atoms with van der Waals surface area (Å²) in [6.45, 7) is 5.30. The van der Waals surface area contributed by atoms with E-state index in [4.69, 9.17) is 4.74 Å². The van der Waals surface area contributed by atoms with Crippen LogP contribution < -0.4 is 5.32 Å². The van der Waals surface area contributed by atoms with Gasteiger partial charge in [0.15, 0.2) is 0 Å². The zero-order valence-electron chi connectivity index (χ0n) is 11.0. The van der Waals surface area contributed by atoms with Crippen molar-refractivity contribution in [3.63, 3.8) is 0 Å². The first-order valence-corrected chi connectivity index (χ1v) is 6.47. The van der Waals surface area contributed by atoms with Crippen molar-refractivity contribution in [3.05, 3.63) is 0 Å². The molecule has 2 rings (SSSR count). The van der Waals surface area contributed by atoms with Crippen molar-refractivity contribution in [1.29, 1.82) is 0 Å². The van der Waals surface area contributed by atoms with Crippen LogP contribution in [0.1, 0.15) is 6.92 Å². The van der Waals surface area contributed by atoms with E-state index in [0.717, 1.165) is 6.54 Å². The number of ether oxygens (including phenoxy) is 1. The second-order valence-corrected chi connectivity index (χ2v) is 4.88. The largest absolute Gasteiger partial charge is 0.379 e. The summed E-state index contributed by atoms with van der Waals surface area (Å²) in [5.74, 6) is -0.102. The van der Waals surface area contributed by atoms with E-state index in [1.807, 2.05) is 6.92 Å². The molecule has 2 fully saturated rings. The fraction of sp³-hybridized carbons (Fsp3) is 0.833. The van der Waals surface area contributed by atoms with E-state index in [-0.39, 0.29) is 30.3 Å². The smallest absolute Gasteiger partial charge is 0.241 e. The summed E-state index contributed by atoms with van der Waals surface area (Å²) in [5, 5.41) is 3.27. The molecule has 0 bridgehead atoms. The van der Waals surface area contributed by atoms with Gasteiger partial charge in [-0.25, -0.2) is 0 Å². The van der Waals surface area contributed by atoms with Gasteiger partial charge in [-0.3, -0.25) is 9.59 Å². The predicted molar refractivity (Wildman–Crippen MR) is 66.0 cm³/mol. The Hall–Kier alpha value is -1.14. The number of amides is 2. The van der Waals surface area contributed by atoms with Crippen LogP contribution >= 0.6 is 0 Å². The summed E-state index contributed by atoms with van der Waals surface area (Å²) in [6, 6.07) is 0.0808. The van der Waals surface area contributed by atoms with Crippen LogP contribution in [0.2, 0.25) is 0 Å². The molecule has 2 atom stereocenters. The molecule has 18 heavy (non-hydrogen) atoms. The normalized spacial score (nSPS) is 28.9. The van der Waals surface area contributed by atoms with Gasteiger partial charge in [0.2, 0.25) is 11.8 Å². The molecule has 0 saturated carbocycles. The Morgan fingerprint density at radius 1 is 1.44 bits per heavy atom. The number of hydrogen-bond donors (Lipinski definition) is 1. The van der Waals surface area contributed by atoms with Gasteiger partial charge < -0.3 is 19.9 Å². The lowest BCUT2D eigenvalue weighted by Gasteiger charge is -2.34. The van der Waals surface area contributed by atoms with Crippen LogP contribution in [-0.4, -0.2) is 74.1 Å². The lowest BCUT2D eigenvalue weighted by atomic mass is 10.0. The predicted octanol–water partition coefficient (Wildman–Crippen LogP) is -1.09. The van der Waals surface area contributed by atoms with Crippen molar-refractivity contribution in [3.8, 4) is 0 Å². The Morgan fingerprint density at radius 3 is 2.89 bits per heavy atom. The van der Waals surface area contributed by atoms with Crippen molar-refractivity contribution in [1.82, 2.24) is 15.1 Å². The molecule has 2 aliphatic rings. The average Bonchev–Trinajstić information content (AvgIpc) is 2.80. The van der Waals surface area contributed by atoms with Gasteiger partial charge >= 0.3 is 0 Å². The van der Waals surface area contributed by atoms with Gasteiger partial charge in [0.25, 0.3) is 0 Å². The topological polar surface area (TPSA) is 61.9 Å². The zero-order valence-corrected chi connectivity index (χ0v) is 11.0. The molecule has 6 nitrogen and oxygen atoms in total. The van der Waals surface area contributed by atoms with Gasteiger partial charge in [0.1, 0.15) is 0 Å². The molecule has 0 spiro atoms. The van der Waals surface area contributed by atoms with Gasteiger partial charge in [0.05, 0.1) is 25.7 Å². The maximum atomic E-state index is 12.4. The first-order chi connectivity index (χ1) is 8.63. The second kappa shape index (κ2) is 5.67. The lowest BCUT2D eigenvalue weighted by molar-refractivity contribution is -0.146. The molecule has 2 heterocycles. The number of nitrogens with zero attached hydrogens (tertiary/aromatic N) is 2. The minimum Gasteiger partial charge on any atom is -0.379 e. The molecule has 1 N–H and O–H groups in total. The summed E-state index contributed by atoms with van der Waals surface area (Å²) < 4.78 is 5.38. The highest BCUT2D eigenvalue weighted by Gasteiger charge is 2.37. The van der Waals surface area contributed by atoms with E-state index in [1.165, 1.54) is 0 Å².